The fourth-order valence-electron chi connectivity index (χ4n) is 6.81. The van der Waals surface area contributed by atoms with E-state index in [1.807, 2.05) is 45.9 Å². The summed E-state index contributed by atoms with van der Waals surface area (Å²) in [4.78, 5) is 41.0. The summed E-state index contributed by atoms with van der Waals surface area (Å²) in [7, 11) is 0. The average molecular weight is 585 g/mol. The molecule has 3 unspecified atom stereocenters. The Labute approximate surface area is 250 Å². The highest BCUT2D eigenvalue weighted by Gasteiger charge is 2.32. The van der Waals surface area contributed by atoms with E-state index in [1.54, 1.807) is 6.92 Å². The van der Waals surface area contributed by atoms with E-state index >= 15 is 0 Å². The summed E-state index contributed by atoms with van der Waals surface area (Å²) in [5.74, 6) is -2.33. The second-order valence-electron chi connectivity index (χ2n) is 11.9. The Kier molecular flexibility index (Phi) is 8.05. The van der Waals surface area contributed by atoms with Gasteiger partial charge in [-0.05, 0) is 93.5 Å². The van der Waals surface area contributed by atoms with Crippen molar-refractivity contribution in [2.75, 3.05) is 0 Å². The van der Waals surface area contributed by atoms with Crippen LogP contribution in [0.5, 0.6) is 0 Å². The molecule has 2 aliphatic rings. The monoisotopic (exact) mass is 584 g/mol. The molecule has 0 fully saturated rings. The Morgan fingerprint density at radius 3 is 2.30 bits per heavy atom. The number of nitrogens with one attached hydrogen (secondary N) is 2. The Bertz CT molecular complexity index is 1840. The summed E-state index contributed by atoms with van der Waals surface area (Å²) in [5, 5.41) is 30.3. The maximum Gasteiger partial charge on any atom is 0.307 e. The van der Waals surface area contributed by atoms with Gasteiger partial charge >= 0.3 is 11.9 Å². The quantitative estimate of drug-likeness (QED) is 0.200. The molecule has 9 heteroatoms. The lowest BCUT2D eigenvalue weighted by Gasteiger charge is -2.16. The summed E-state index contributed by atoms with van der Waals surface area (Å²) < 4.78 is 0. The molecular weight excluding hydrogens is 544 g/mol. The zero-order valence-electron chi connectivity index (χ0n) is 25.8. The first-order valence-corrected chi connectivity index (χ1v) is 14.9. The zero-order valence-corrected chi connectivity index (χ0v) is 25.8. The van der Waals surface area contributed by atoms with Crippen LogP contribution in [0.4, 0.5) is 0 Å². The highest BCUT2D eigenvalue weighted by atomic mass is 16.4. The van der Waals surface area contributed by atoms with E-state index in [-0.39, 0.29) is 24.7 Å². The van der Waals surface area contributed by atoms with E-state index in [1.165, 1.54) is 0 Å². The van der Waals surface area contributed by atoms with Gasteiger partial charge < -0.3 is 25.3 Å². The van der Waals surface area contributed by atoms with Crippen LogP contribution in [0.2, 0.25) is 0 Å². The largest absolute Gasteiger partial charge is 0.481 e. The van der Waals surface area contributed by atoms with Gasteiger partial charge in [-0.15, -0.1) is 0 Å². The molecule has 3 atom stereocenters. The summed E-state index contributed by atoms with van der Waals surface area (Å²) in [6, 6.07) is 5.91. The SMILES string of the molecule is CCC1=C(C)c2cc3[nH]c(cc4nc(c(CC(=O)O)c5cc(C)c([nH]5)c(C)c1n2)C(CCC(=O)O)C4C)c(C)c3C(C)O. The van der Waals surface area contributed by atoms with E-state index in [9.17, 15) is 24.9 Å². The van der Waals surface area contributed by atoms with Gasteiger partial charge in [-0.2, -0.15) is 0 Å². The minimum Gasteiger partial charge on any atom is -0.481 e. The van der Waals surface area contributed by atoms with Gasteiger partial charge in [0.2, 0.25) is 0 Å². The van der Waals surface area contributed by atoms with Crippen LogP contribution in [0, 0.1) is 20.8 Å². The van der Waals surface area contributed by atoms with E-state index in [0.29, 0.717) is 23.2 Å². The number of aliphatic hydroxyl groups excluding tert-OH is 1. The number of hydrogen-bond acceptors (Lipinski definition) is 5. The number of aryl methyl sites for hydroxylation is 3. The number of carboxylic acids is 2. The number of allylic oxidation sites excluding steroid dienone is 2. The van der Waals surface area contributed by atoms with Gasteiger partial charge in [0.15, 0.2) is 0 Å². The Morgan fingerprint density at radius 2 is 1.67 bits per heavy atom. The second kappa shape index (κ2) is 11.4. The van der Waals surface area contributed by atoms with Crippen molar-refractivity contribution in [3.05, 3.63) is 68.8 Å². The Morgan fingerprint density at radius 1 is 0.953 bits per heavy atom. The van der Waals surface area contributed by atoms with E-state index < -0.39 is 18.0 Å². The van der Waals surface area contributed by atoms with Gasteiger partial charge in [0.1, 0.15) is 0 Å². The molecule has 0 amide bonds. The van der Waals surface area contributed by atoms with Crippen LogP contribution in [0.1, 0.15) is 115 Å². The van der Waals surface area contributed by atoms with E-state index in [4.69, 9.17) is 9.97 Å². The molecule has 0 saturated carbocycles. The van der Waals surface area contributed by atoms with Crippen LogP contribution in [0.3, 0.4) is 0 Å². The number of carbonyl (C=O) groups is 2. The van der Waals surface area contributed by atoms with Crippen molar-refractivity contribution in [1.29, 1.82) is 0 Å². The van der Waals surface area contributed by atoms with Crippen molar-refractivity contribution in [3.8, 4) is 0 Å². The van der Waals surface area contributed by atoms with Gasteiger partial charge in [0, 0.05) is 57.1 Å². The molecule has 5 N–H and O–H groups in total. The predicted molar refractivity (Wildman–Crippen MR) is 168 cm³/mol. The van der Waals surface area contributed by atoms with Crippen molar-refractivity contribution in [1.82, 2.24) is 19.9 Å². The number of rotatable bonds is 7. The fourth-order valence-corrected chi connectivity index (χ4v) is 6.81. The first-order chi connectivity index (χ1) is 20.3. The minimum absolute atomic E-state index is 0.0553. The molecule has 5 rings (SSSR count). The normalized spacial score (nSPS) is 17.4. The predicted octanol–water partition coefficient (Wildman–Crippen LogP) is 7.01. The number of H-pyrrole nitrogens is 2. The lowest BCUT2D eigenvalue weighted by molar-refractivity contribution is -0.138. The van der Waals surface area contributed by atoms with Crippen LogP contribution < -0.4 is 0 Å². The van der Waals surface area contributed by atoms with Crippen molar-refractivity contribution >= 4 is 45.2 Å². The molecule has 9 nitrogen and oxygen atoms in total. The third-order valence-electron chi connectivity index (χ3n) is 9.11. The van der Waals surface area contributed by atoms with Gasteiger partial charge in [-0.3, -0.25) is 14.6 Å². The lowest BCUT2D eigenvalue weighted by Crippen LogP contribution is -2.10. The zero-order chi connectivity index (χ0) is 31.3. The number of hydrogen-bond donors (Lipinski definition) is 5. The molecule has 226 valence electrons. The Balaban J connectivity index is 2.00. The van der Waals surface area contributed by atoms with Crippen molar-refractivity contribution in [2.45, 2.75) is 92.1 Å². The summed E-state index contributed by atoms with van der Waals surface area (Å²) in [6.45, 7) is 13.9. The molecule has 0 saturated heterocycles. The third-order valence-corrected chi connectivity index (χ3v) is 9.11. The van der Waals surface area contributed by atoms with E-state index in [2.05, 4.69) is 23.8 Å². The first-order valence-electron chi connectivity index (χ1n) is 14.9. The Hall–Kier alpha value is -4.24. The molecule has 8 bridgehead atoms. The van der Waals surface area contributed by atoms with Crippen LogP contribution in [0.15, 0.2) is 18.2 Å². The number of fused-ring (bicyclic) bond motifs is 8. The van der Waals surface area contributed by atoms with Crippen LogP contribution in [-0.4, -0.2) is 47.2 Å². The van der Waals surface area contributed by atoms with Crippen LogP contribution in [0.25, 0.3) is 33.2 Å². The van der Waals surface area contributed by atoms with Crippen molar-refractivity contribution in [2.24, 2.45) is 0 Å². The summed E-state index contributed by atoms with van der Waals surface area (Å²) in [6.07, 6.45) is 0.0661. The first kappa shape index (κ1) is 30.2. The average Bonchev–Trinajstić information content (AvgIpc) is 3.64. The molecular formula is C34H40N4O5. The molecule has 0 radical (unpaired) electrons. The minimum atomic E-state index is -0.989. The fraction of sp³-hybridized carbons (Fsp3) is 0.412. The highest BCUT2D eigenvalue weighted by molar-refractivity contribution is 5.94. The van der Waals surface area contributed by atoms with Crippen LogP contribution in [-0.2, 0) is 16.0 Å². The molecule has 3 aromatic rings. The highest BCUT2D eigenvalue weighted by Crippen LogP contribution is 2.43. The summed E-state index contributed by atoms with van der Waals surface area (Å²) >= 11 is 0. The maximum absolute atomic E-state index is 12.2. The summed E-state index contributed by atoms with van der Waals surface area (Å²) in [5.41, 5.74) is 12.5. The number of aromatic amines is 2. The van der Waals surface area contributed by atoms with Crippen molar-refractivity contribution in [3.63, 3.8) is 0 Å². The smallest absolute Gasteiger partial charge is 0.307 e. The molecule has 5 heterocycles. The topological polar surface area (TPSA) is 152 Å². The molecule has 43 heavy (non-hydrogen) atoms. The molecule has 3 aromatic heterocycles. The number of carboxylic acid groups (broad SMARTS) is 2. The van der Waals surface area contributed by atoms with Gasteiger partial charge in [-0.1, -0.05) is 13.8 Å². The molecule has 0 aliphatic carbocycles. The van der Waals surface area contributed by atoms with E-state index in [0.717, 1.165) is 73.5 Å². The van der Waals surface area contributed by atoms with Gasteiger partial charge in [0.05, 0.1) is 29.6 Å². The molecule has 0 aromatic carbocycles. The van der Waals surface area contributed by atoms with Gasteiger partial charge in [-0.25, -0.2) is 4.98 Å². The molecule has 2 aliphatic heterocycles. The number of nitrogens with zero attached hydrogens (tertiary/aromatic N) is 2. The van der Waals surface area contributed by atoms with Crippen molar-refractivity contribution < 1.29 is 24.9 Å². The molecule has 0 spiro atoms. The standard InChI is InChI=1S/C34H40N4O5/c1-8-21-16(3)25-14-28-31(20(7)39)18(5)26(35-28)13-24-17(4)22(9-10-29(40)41)34(37-24)23(12-30(42)43)27-11-15(2)32(38-27)19(6)33(21)36-25/h11,13-14,17,20,22,35,38-39H,8-10,12H2,1-7H3,(H,40,41)(H,42,43). The van der Waals surface area contributed by atoms with Gasteiger partial charge in [0.25, 0.3) is 0 Å². The maximum atomic E-state index is 12.2. The number of aliphatic hydroxyl groups is 1. The number of aromatic nitrogens is 4. The second-order valence-corrected chi connectivity index (χ2v) is 11.9. The van der Waals surface area contributed by atoms with Crippen LogP contribution >= 0.6 is 0 Å². The lowest BCUT2D eigenvalue weighted by atomic mass is 9.85. The number of aliphatic carboxylic acids is 2. The third kappa shape index (κ3) is 5.38.